The van der Waals surface area contributed by atoms with Crippen molar-refractivity contribution in [3.05, 3.63) is 75.5 Å². The van der Waals surface area contributed by atoms with Crippen molar-refractivity contribution in [1.82, 2.24) is 4.90 Å². The third-order valence-corrected chi connectivity index (χ3v) is 5.06. The van der Waals surface area contributed by atoms with E-state index in [-0.39, 0.29) is 30.1 Å². The molecule has 1 heterocycles. The molecule has 0 aromatic heterocycles. The lowest BCUT2D eigenvalue weighted by Gasteiger charge is -2.20. The summed E-state index contributed by atoms with van der Waals surface area (Å²) >= 11 is 0. The maximum Gasteiger partial charge on any atom is 0.282 e. The molecule has 1 aliphatic heterocycles. The number of likely N-dealkylation sites (N-methyl/N-ethyl adjacent to an activating group) is 1. The number of non-ortho nitro benzene ring substituents is 1. The Morgan fingerprint density at radius 3 is 2.13 bits per heavy atom. The first-order chi connectivity index (χ1) is 14.3. The van der Waals surface area contributed by atoms with Gasteiger partial charge in [0.2, 0.25) is 0 Å². The SMILES string of the molecule is CC(C)c1ccc(N2C(=O)C(c3ccc([N+](=O)[O-])cc3)=C(N(C)CCO)C2=O)cc1. The average Bonchev–Trinajstić information content (AvgIpc) is 2.98. The molecule has 8 heteroatoms. The summed E-state index contributed by atoms with van der Waals surface area (Å²) in [5, 5.41) is 20.3. The summed E-state index contributed by atoms with van der Waals surface area (Å²) in [7, 11) is 1.62. The predicted octanol–water partition coefficient (Wildman–Crippen LogP) is 2.93. The van der Waals surface area contributed by atoms with E-state index in [1.165, 1.54) is 29.2 Å². The second-order valence-corrected chi connectivity index (χ2v) is 7.36. The van der Waals surface area contributed by atoms with Gasteiger partial charge in [-0.15, -0.1) is 0 Å². The largest absolute Gasteiger partial charge is 0.395 e. The quantitative estimate of drug-likeness (QED) is 0.428. The molecule has 1 aliphatic rings. The van der Waals surface area contributed by atoms with Crippen LogP contribution in [0.15, 0.2) is 54.2 Å². The van der Waals surface area contributed by atoms with Gasteiger partial charge in [-0.25, -0.2) is 4.90 Å². The van der Waals surface area contributed by atoms with Gasteiger partial charge < -0.3 is 10.0 Å². The van der Waals surface area contributed by atoms with Crippen LogP contribution in [0.25, 0.3) is 5.57 Å². The van der Waals surface area contributed by atoms with Crippen LogP contribution in [0.5, 0.6) is 0 Å². The van der Waals surface area contributed by atoms with Crippen LogP contribution in [0.4, 0.5) is 11.4 Å². The summed E-state index contributed by atoms with van der Waals surface area (Å²) < 4.78 is 0. The number of imide groups is 1. The smallest absolute Gasteiger partial charge is 0.282 e. The molecule has 156 valence electrons. The van der Waals surface area contributed by atoms with Crippen molar-refractivity contribution >= 4 is 28.8 Å². The van der Waals surface area contributed by atoms with Crippen LogP contribution < -0.4 is 4.90 Å². The summed E-state index contributed by atoms with van der Waals surface area (Å²) in [5.41, 5.74) is 2.12. The highest BCUT2D eigenvalue weighted by Crippen LogP contribution is 2.35. The molecular formula is C22H23N3O5. The van der Waals surface area contributed by atoms with Gasteiger partial charge in [0.05, 0.1) is 22.8 Å². The number of nitro groups is 1. The zero-order valence-corrected chi connectivity index (χ0v) is 17.0. The molecule has 0 fully saturated rings. The Morgan fingerprint density at radius 1 is 1.03 bits per heavy atom. The fourth-order valence-corrected chi connectivity index (χ4v) is 3.39. The molecule has 0 saturated heterocycles. The summed E-state index contributed by atoms with van der Waals surface area (Å²) in [6.07, 6.45) is 0. The van der Waals surface area contributed by atoms with Gasteiger partial charge in [0.15, 0.2) is 0 Å². The molecule has 0 bridgehead atoms. The third-order valence-electron chi connectivity index (χ3n) is 5.06. The number of amides is 2. The lowest BCUT2D eigenvalue weighted by molar-refractivity contribution is -0.384. The lowest BCUT2D eigenvalue weighted by Crippen LogP contribution is -2.34. The third kappa shape index (κ3) is 3.81. The number of aliphatic hydroxyl groups is 1. The second kappa shape index (κ2) is 8.46. The topological polar surface area (TPSA) is 104 Å². The lowest BCUT2D eigenvalue weighted by atomic mass is 10.0. The van der Waals surface area contributed by atoms with Crippen molar-refractivity contribution < 1.29 is 19.6 Å². The minimum absolute atomic E-state index is 0.109. The molecule has 0 atom stereocenters. The molecule has 3 rings (SSSR count). The summed E-state index contributed by atoms with van der Waals surface area (Å²) in [6.45, 7) is 4.07. The summed E-state index contributed by atoms with van der Waals surface area (Å²) in [4.78, 5) is 39.6. The number of anilines is 1. The highest BCUT2D eigenvalue weighted by atomic mass is 16.6. The molecule has 2 amide bonds. The Hall–Kier alpha value is -3.52. The zero-order valence-electron chi connectivity index (χ0n) is 17.0. The van der Waals surface area contributed by atoms with Gasteiger partial charge >= 0.3 is 0 Å². The number of rotatable bonds is 7. The normalized spacial score (nSPS) is 14.1. The Morgan fingerprint density at radius 2 is 1.63 bits per heavy atom. The monoisotopic (exact) mass is 409 g/mol. The first-order valence-electron chi connectivity index (χ1n) is 9.56. The van der Waals surface area contributed by atoms with E-state index in [4.69, 9.17) is 0 Å². The van der Waals surface area contributed by atoms with Crippen molar-refractivity contribution in [2.24, 2.45) is 0 Å². The molecule has 0 radical (unpaired) electrons. The van der Waals surface area contributed by atoms with Gasteiger partial charge in [-0.05, 0) is 41.3 Å². The van der Waals surface area contributed by atoms with Crippen molar-refractivity contribution in [3.8, 4) is 0 Å². The molecular weight excluding hydrogens is 386 g/mol. The number of carbonyl (C=O) groups excluding carboxylic acids is 2. The van der Waals surface area contributed by atoms with Crippen LogP contribution in [0.3, 0.4) is 0 Å². The minimum atomic E-state index is -0.527. The highest BCUT2D eigenvalue weighted by molar-refractivity contribution is 6.45. The summed E-state index contributed by atoms with van der Waals surface area (Å²) in [5.74, 6) is -0.698. The van der Waals surface area contributed by atoms with Gasteiger partial charge in [-0.2, -0.15) is 0 Å². The fourth-order valence-electron chi connectivity index (χ4n) is 3.39. The number of hydrogen-bond acceptors (Lipinski definition) is 6. The fraction of sp³-hybridized carbons (Fsp3) is 0.273. The number of benzene rings is 2. The van der Waals surface area contributed by atoms with E-state index in [1.54, 1.807) is 19.2 Å². The van der Waals surface area contributed by atoms with Gasteiger partial charge in [-0.1, -0.05) is 26.0 Å². The molecule has 0 aliphatic carbocycles. The Kier molecular flexibility index (Phi) is 5.98. The molecule has 1 N–H and O–H groups in total. The van der Waals surface area contributed by atoms with Crippen LogP contribution in [-0.4, -0.2) is 46.9 Å². The van der Waals surface area contributed by atoms with Gasteiger partial charge in [0.25, 0.3) is 17.5 Å². The van der Waals surface area contributed by atoms with E-state index < -0.39 is 16.7 Å². The number of nitro benzene ring substituents is 1. The maximum absolute atomic E-state index is 13.3. The van der Waals surface area contributed by atoms with Crippen LogP contribution in [0, 0.1) is 10.1 Å². The molecule has 0 saturated carbocycles. The van der Waals surface area contributed by atoms with E-state index in [1.807, 2.05) is 12.1 Å². The van der Waals surface area contributed by atoms with Crippen LogP contribution in [0.2, 0.25) is 0 Å². The molecule has 30 heavy (non-hydrogen) atoms. The van der Waals surface area contributed by atoms with E-state index in [9.17, 15) is 24.8 Å². The highest BCUT2D eigenvalue weighted by Gasteiger charge is 2.41. The van der Waals surface area contributed by atoms with Crippen molar-refractivity contribution in [1.29, 1.82) is 0 Å². The van der Waals surface area contributed by atoms with Crippen LogP contribution >= 0.6 is 0 Å². The van der Waals surface area contributed by atoms with Gasteiger partial charge in [0.1, 0.15) is 5.70 Å². The molecule has 2 aromatic rings. The summed E-state index contributed by atoms with van der Waals surface area (Å²) in [6, 6.07) is 12.7. The van der Waals surface area contributed by atoms with Crippen molar-refractivity contribution in [2.75, 3.05) is 25.1 Å². The molecule has 8 nitrogen and oxygen atoms in total. The first kappa shape index (κ1) is 21.2. The van der Waals surface area contributed by atoms with Crippen LogP contribution in [0.1, 0.15) is 30.9 Å². The van der Waals surface area contributed by atoms with E-state index >= 15 is 0 Å². The Labute approximate surface area is 174 Å². The number of hydrogen-bond donors (Lipinski definition) is 1. The van der Waals surface area contributed by atoms with E-state index in [0.717, 1.165) is 10.5 Å². The Bertz CT molecular complexity index is 1010. The maximum atomic E-state index is 13.3. The van der Waals surface area contributed by atoms with Crippen LogP contribution in [-0.2, 0) is 9.59 Å². The molecule has 2 aromatic carbocycles. The standard InChI is InChI=1S/C22H23N3O5/c1-14(2)15-4-8-17(9-5-15)24-21(27)19(20(22(24)28)23(3)12-13-26)16-6-10-18(11-7-16)25(29)30/h4-11,14,26H,12-13H2,1-3H3. The Balaban J connectivity index is 2.07. The van der Waals surface area contributed by atoms with Gasteiger partial charge in [0, 0.05) is 25.7 Å². The van der Waals surface area contributed by atoms with Crippen molar-refractivity contribution in [3.63, 3.8) is 0 Å². The number of carbonyl (C=O) groups is 2. The van der Waals surface area contributed by atoms with Gasteiger partial charge in [-0.3, -0.25) is 19.7 Å². The second-order valence-electron chi connectivity index (χ2n) is 7.36. The van der Waals surface area contributed by atoms with Crippen molar-refractivity contribution in [2.45, 2.75) is 19.8 Å². The zero-order chi connectivity index (χ0) is 22.0. The first-order valence-corrected chi connectivity index (χ1v) is 9.56. The molecule has 0 spiro atoms. The predicted molar refractivity (Wildman–Crippen MR) is 113 cm³/mol. The number of aliphatic hydroxyl groups excluding tert-OH is 1. The minimum Gasteiger partial charge on any atom is -0.395 e. The number of nitrogens with zero attached hydrogens (tertiary/aromatic N) is 3. The van der Waals surface area contributed by atoms with E-state index in [0.29, 0.717) is 17.2 Å². The molecule has 0 unspecified atom stereocenters. The van der Waals surface area contributed by atoms with E-state index in [2.05, 4.69) is 13.8 Å². The average molecular weight is 409 g/mol.